The molecule has 0 radical (unpaired) electrons. The van der Waals surface area contributed by atoms with Crippen molar-refractivity contribution in [2.24, 2.45) is 4.99 Å². The Morgan fingerprint density at radius 3 is 2.73 bits per heavy atom. The molecule has 0 heterocycles. The second-order valence-electron chi connectivity index (χ2n) is 1.91. The monoisotopic (exact) mass is 159 g/mol. The van der Waals surface area contributed by atoms with Crippen molar-refractivity contribution in [1.82, 2.24) is 0 Å². The minimum atomic E-state index is 0.280. The van der Waals surface area contributed by atoms with Gasteiger partial charge in [-0.15, -0.1) is 0 Å². The number of ether oxygens (including phenoxy) is 2. The number of rotatable bonds is 7. The fourth-order valence-electron chi connectivity index (χ4n) is 0.477. The Morgan fingerprint density at radius 2 is 2.09 bits per heavy atom. The molecule has 0 fully saturated rings. The summed E-state index contributed by atoms with van der Waals surface area (Å²) in [7, 11) is 0. The summed E-state index contributed by atoms with van der Waals surface area (Å²) in [5, 5.41) is 0. The van der Waals surface area contributed by atoms with Crippen molar-refractivity contribution in [1.29, 1.82) is 0 Å². The van der Waals surface area contributed by atoms with Crippen LogP contribution in [0.3, 0.4) is 0 Å². The molecule has 4 nitrogen and oxygen atoms in total. The number of nitrogens with zero attached hydrogens (tertiary/aromatic N) is 1. The number of hydrogen-bond acceptors (Lipinski definition) is 4. The van der Waals surface area contributed by atoms with Gasteiger partial charge in [-0.1, -0.05) is 6.92 Å². The summed E-state index contributed by atoms with van der Waals surface area (Å²) in [6.45, 7) is 3.79. The highest BCUT2D eigenvalue weighted by molar-refractivity contribution is 5.32. The van der Waals surface area contributed by atoms with Gasteiger partial charge in [0.2, 0.25) is 6.08 Å². The summed E-state index contributed by atoms with van der Waals surface area (Å²) in [6.07, 6.45) is 2.41. The second-order valence-corrected chi connectivity index (χ2v) is 1.91. The molecule has 0 spiro atoms. The zero-order valence-electron chi connectivity index (χ0n) is 6.71. The largest absolute Gasteiger partial charge is 0.355 e. The maximum absolute atomic E-state index is 9.56. The number of hydrogen-bond donors (Lipinski definition) is 0. The average molecular weight is 159 g/mol. The van der Waals surface area contributed by atoms with Crippen LogP contribution in [0.4, 0.5) is 0 Å². The molecule has 0 aliphatic rings. The van der Waals surface area contributed by atoms with Crippen LogP contribution in [-0.4, -0.2) is 32.6 Å². The standard InChI is InChI=1S/C7H13NO3/c1-2-4-10-7-11-5-3-8-6-9/h2-5,7H2,1H3. The maximum atomic E-state index is 9.56. The van der Waals surface area contributed by atoms with Crippen molar-refractivity contribution in [3.05, 3.63) is 0 Å². The van der Waals surface area contributed by atoms with Gasteiger partial charge in [0, 0.05) is 6.61 Å². The molecule has 0 atom stereocenters. The van der Waals surface area contributed by atoms with E-state index in [1.54, 1.807) is 0 Å². The van der Waals surface area contributed by atoms with E-state index in [1.807, 2.05) is 6.92 Å². The molecule has 4 heteroatoms. The van der Waals surface area contributed by atoms with Crippen molar-refractivity contribution in [2.45, 2.75) is 13.3 Å². The first-order valence-corrected chi connectivity index (χ1v) is 3.61. The summed E-state index contributed by atoms with van der Waals surface area (Å²) >= 11 is 0. The Hall–Kier alpha value is -0.700. The number of isocyanates is 1. The van der Waals surface area contributed by atoms with E-state index in [4.69, 9.17) is 9.47 Å². The summed E-state index contributed by atoms with van der Waals surface area (Å²) in [6, 6.07) is 0. The maximum Gasteiger partial charge on any atom is 0.235 e. The van der Waals surface area contributed by atoms with Gasteiger partial charge in [0.25, 0.3) is 0 Å². The van der Waals surface area contributed by atoms with Crippen LogP contribution < -0.4 is 0 Å². The Labute approximate surface area is 66.2 Å². The van der Waals surface area contributed by atoms with E-state index in [2.05, 4.69) is 4.99 Å². The molecular weight excluding hydrogens is 146 g/mol. The van der Waals surface area contributed by atoms with Gasteiger partial charge < -0.3 is 9.47 Å². The van der Waals surface area contributed by atoms with E-state index in [-0.39, 0.29) is 6.79 Å². The molecule has 0 aliphatic carbocycles. The first-order chi connectivity index (χ1) is 5.41. The van der Waals surface area contributed by atoms with E-state index >= 15 is 0 Å². The SMILES string of the molecule is CCCOCOCCN=C=O. The predicted molar refractivity (Wildman–Crippen MR) is 40.1 cm³/mol. The van der Waals surface area contributed by atoms with Gasteiger partial charge in [-0.3, -0.25) is 0 Å². The third kappa shape index (κ3) is 9.30. The first-order valence-electron chi connectivity index (χ1n) is 3.61. The zero-order valence-corrected chi connectivity index (χ0v) is 6.71. The van der Waals surface area contributed by atoms with Crippen molar-refractivity contribution in [2.75, 3.05) is 26.6 Å². The van der Waals surface area contributed by atoms with Crippen molar-refractivity contribution < 1.29 is 14.3 Å². The average Bonchev–Trinajstić information content (AvgIpc) is 2.03. The van der Waals surface area contributed by atoms with Crippen LogP contribution in [0.15, 0.2) is 4.99 Å². The molecule has 0 aliphatic heterocycles. The number of aliphatic imine (C=N–C) groups is 1. The molecule has 0 saturated heterocycles. The van der Waals surface area contributed by atoms with Crippen LogP contribution in [0.5, 0.6) is 0 Å². The third-order valence-corrected chi connectivity index (χ3v) is 0.927. The molecular formula is C7H13NO3. The Morgan fingerprint density at radius 1 is 1.36 bits per heavy atom. The lowest BCUT2D eigenvalue weighted by Crippen LogP contribution is -2.03. The van der Waals surface area contributed by atoms with E-state index in [9.17, 15) is 4.79 Å². The molecule has 0 aromatic heterocycles. The highest BCUT2D eigenvalue weighted by atomic mass is 16.7. The Kier molecular flexibility index (Phi) is 8.71. The fourth-order valence-corrected chi connectivity index (χ4v) is 0.477. The highest BCUT2D eigenvalue weighted by Gasteiger charge is 1.85. The summed E-state index contributed by atoms with van der Waals surface area (Å²) in [5.74, 6) is 0. The topological polar surface area (TPSA) is 47.9 Å². The van der Waals surface area contributed by atoms with Crippen LogP contribution in [0, 0.1) is 0 Å². The van der Waals surface area contributed by atoms with Gasteiger partial charge in [0.15, 0.2) is 0 Å². The van der Waals surface area contributed by atoms with Crippen LogP contribution in [0.25, 0.3) is 0 Å². The lowest BCUT2D eigenvalue weighted by Gasteiger charge is -2.01. The molecule has 0 saturated carbocycles. The lowest BCUT2D eigenvalue weighted by atomic mass is 10.5. The molecule has 0 N–H and O–H groups in total. The summed E-state index contributed by atoms with van der Waals surface area (Å²) in [4.78, 5) is 12.9. The first kappa shape index (κ1) is 10.3. The highest BCUT2D eigenvalue weighted by Crippen LogP contribution is 1.81. The van der Waals surface area contributed by atoms with E-state index in [1.165, 1.54) is 6.08 Å². The summed E-state index contributed by atoms with van der Waals surface area (Å²) in [5.41, 5.74) is 0. The van der Waals surface area contributed by atoms with Crippen LogP contribution in [-0.2, 0) is 14.3 Å². The van der Waals surface area contributed by atoms with Gasteiger partial charge in [-0.2, -0.15) is 0 Å². The van der Waals surface area contributed by atoms with Crippen molar-refractivity contribution in [3.63, 3.8) is 0 Å². The Bertz CT molecular complexity index is 121. The minimum Gasteiger partial charge on any atom is -0.355 e. The van der Waals surface area contributed by atoms with Gasteiger partial charge >= 0.3 is 0 Å². The van der Waals surface area contributed by atoms with Gasteiger partial charge in [-0.25, -0.2) is 9.79 Å². The Balaban J connectivity index is 2.84. The molecule has 0 bridgehead atoms. The number of carbonyl (C=O) groups excluding carboxylic acids is 1. The minimum absolute atomic E-state index is 0.280. The van der Waals surface area contributed by atoms with Crippen molar-refractivity contribution >= 4 is 6.08 Å². The normalized spacial score (nSPS) is 9.18. The fraction of sp³-hybridized carbons (Fsp3) is 0.857. The lowest BCUT2D eigenvalue weighted by molar-refractivity contribution is -0.0506. The van der Waals surface area contributed by atoms with Gasteiger partial charge in [-0.05, 0) is 6.42 Å². The molecule has 0 amide bonds. The van der Waals surface area contributed by atoms with E-state index < -0.39 is 0 Å². The molecule has 0 aromatic rings. The van der Waals surface area contributed by atoms with Crippen LogP contribution in [0.1, 0.15) is 13.3 Å². The molecule has 0 unspecified atom stereocenters. The van der Waals surface area contributed by atoms with Crippen LogP contribution >= 0.6 is 0 Å². The quantitative estimate of drug-likeness (QED) is 0.238. The van der Waals surface area contributed by atoms with Gasteiger partial charge in [0.05, 0.1) is 13.2 Å². The molecule has 64 valence electrons. The van der Waals surface area contributed by atoms with Crippen molar-refractivity contribution in [3.8, 4) is 0 Å². The predicted octanol–water partition coefficient (Wildman–Crippen LogP) is 0.723. The molecule has 11 heavy (non-hydrogen) atoms. The second kappa shape index (κ2) is 9.30. The van der Waals surface area contributed by atoms with E-state index in [0.29, 0.717) is 19.8 Å². The molecule has 0 aromatic carbocycles. The third-order valence-electron chi connectivity index (χ3n) is 0.927. The summed E-state index contributed by atoms with van der Waals surface area (Å²) < 4.78 is 9.94. The van der Waals surface area contributed by atoms with Crippen LogP contribution in [0.2, 0.25) is 0 Å². The molecule has 0 rings (SSSR count). The van der Waals surface area contributed by atoms with E-state index in [0.717, 1.165) is 6.42 Å². The smallest absolute Gasteiger partial charge is 0.235 e. The zero-order chi connectivity index (χ0) is 8.36. The van der Waals surface area contributed by atoms with Gasteiger partial charge in [0.1, 0.15) is 6.79 Å².